The van der Waals surface area contributed by atoms with Crippen molar-refractivity contribution >= 4 is 34.7 Å². The zero-order valence-corrected chi connectivity index (χ0v) is 35.3. The Hall–Kier alpha value is -3.03. The van der Waals surface area contributed by atoms with Crippen LogP contribution in [0.15, 0.2) is 41.9 Å². The van der Waals surface area contributed by atoms with Gasteiger partial charge in [-0.1, -0.05) is 57.5 Å². The van der Waals surface area contributed by atoms with Gasteiger partial charge in [-0.25, -0.2) is 4.98 Å². The number of thiazole rings is 1. The Balaban J connectivity index is 1.81. The molecule has 2 amide bonds. The summed E-state index contributed by atoms with van der Waals surface area (Å²) in [7, 11) is 6.52. The number of rotatable bonds is 22. The van der Waals surface area contributed by atoms with E-state index >= 15 is 0 Å². The number of likely N-dealkylation sites (N-methyl/N-ethyl adjacent to an activating group) is 2. The highest BCUT2D eigenvalue weighted by Gasteiger charge is 2.45. The van der Waals surface area contributed by atoms with Crippen LogP contribution in [0.5, 0.6) is 0 Å². The van der Waals surface area contributed by atoms with Crippen molar-refractivity contribution in [3.05, 3.63) is 52.5 Å². The van der Waals surface area contributed by atoms with Gasteiger partial charge >= 0.3 is 0 Å². The lowest BCUT2D eigenvalue weighted by molar-refractivity contribution is -0.154. The average Bonchev–Trinajstić information content (AvgIpc) is 3.86. The molecule has 0 unspecified atom stereocenters. The third kappa shape index (κ3) is 11.5. The first kappa shape index (κ1) is 45.4. The summed E-state index contributed by atoms with van der Waals surface area (Å²) in [4.78, 5) is 63.7. The topological polar surface area (TPSA) is 138 Å². The third-order valence-corrected chi connectivity index (χ3v) is 12.7. The molecule has 1 saturated heterocycles. The molecule has 1 aromatic carbocycles. The molecule has 2 N–H and O–H groups in total. The summed E-state index contributed by atoms with van der Waals surface area (Å²) in [6.07, 6.45) is 3.69. The van der Waals surface area contributed by atoms with E-state index in [9.17, 15) is 24.3 Å². The quantitative estimate of drug-likeness (QED) is 0.155. The van der Waals surface area contributed by atoms with Crippen LogP contribution < -0.4 is 5.32 Å². The van der Waals surface area contributed by atoms with Crippen molar-refractivity contribution in [3.8, 4) is 0 Å². The van der Waals surface area contributed by atoms with Gasteiger partial charge in [0.25, 0.3) is 0 Å². The molecule has 2 heterocycles. The number of likely N-dealkylation sites (tertiary alicyclic amines) is 1. The van der Waals surface area contributed by atoms with E-state index in [1.807, 2.05) is 49.3 Å². The maximum Gasteiger partial charge on any atom is 0.229 e. The third-order valence-electron chi connectivity index (χ3n) is 11.8. The van der Waals surface area contributed by atoms with E-state index in [4.69, 9.17) is 9.47 Å². The van der Waals surface area contributed by atoms with Crippen molar-refractivity contribution < 1.29 is 33.8 Å². The number of carbonyl (C=O) groups is 4. The minimum Gasteiger partial charge on any atom is -0.390 e. The molecule has 1 aromatic heterocycles. The van der Waals surface area contributed by atoms with Gasteiger partial charge in [-0.15, -0.1) is 11.3 Å². The van der Waals surface area contributed by atoms with E-state index in [2.05, 4.69) is 22.4 Å². The highest BCUT2D eigenvalue weighted by Crippen LogP contribution is 2.34. The highest BCUT2D eigenvalue weighted by atomic mass is 32.1. The fraction of sp³-hybridized carbons (Fsp3) is 0.690. The van der Waals surface area contributed by atoms with Gasteiger partial charge < -0.3 is 29.7 Å². The number of hydrogen-bond donors (Lipinski definition) is 2. The Morgan fingerprint density at radius 2 is 1.72 bits per heavy atom. The standard InChI is InChI=1S/C42H66N4O7S/c1-12-27(2)37(45(9)40(50)31(42(6,7)51)25-35(48)41(4,5)43-8)34(52-10)26-36(49)46-21-16-19-32(46)38(53-11)28(3)33(47)24-30(39-44-20-22-54-39)23-29-17-14-13-15-18-29/h13-15,17-18,20,22,27-28,30-32,34,37-38,43,51H,12,16,19,21,23-26H2,1-11H3/t27-,28-,30+,31-,32-,34+,37-,38+/m0/s1. The van der Waals surface area contributed by atoms with Crippen molar-refractivity contribution in [2.75, 3.05) is 34.9 Å². The number of methoxy groups -OCH3 is 2. The number of amides is 2. The lowest BCUT2D eigenvalue weighted by atomic mass is 9.80. The summed E-state index contributed by atoms with van der Waals surface area (Å²) < 4.78 is 12.1. The summed E-state index contributed by atoms with van der Waals surface area (Å²) in [5.41, 5.74) is -1.21. The molecular weight excluding hydrogens is 705 g/mol. The zero-order valence-electron chi connectivity index (χ0n) is 34.5. The second-order valence-electron chi connectivity index (χ2n) is 16.2. The number of ketones is 2. The second kappa shape index (κ2) is 20.2. The molecule has 54 heavy (non-hydrogen) atoms. The van der Waals surface area contributed by atoms with Crippen LogP contribution in [0.1, 0.15) is 103 Å². The van der Waals surface area contributed by atoms with Crippen molar-refractivity contribution in [2.45, 2.75) is 135 Å². The Morgan fingerprint density at radius 3 is 2.26 bits per heavy atom. The van der Waals surface area contributed by atoms with E-state index in [1.165, 1.54) is 0 Å². The van der Waals surface area contributed by atoms with Crippen LogP contribution in [-0.2, 0) is 35.1 Å². The van der Waals surface area contributed by atoms with Gasteiger partial charge in [0.1, 0.15) is 5.78 Å². The minimum absolute atomic E-state index is 0.0144. The fourth-order valence-electron chi connectivity index (χ4n) is 7.82. The molecule has 0 bridgehead atoms. The van der Waals surface area contributed by atoms with Gasteiger partial charge in [-0.05, 0) is 65.5 Å². The van der Waals surface area contributed by atoms with Gasteiger partial charge in [0.15, 0.2) is 5.78 Å². The monoisotopic (exact) mass is 770 g/mol. The normalized spacial score (nSPS) is 19.0. The van der Waals surface area contributed by atoms with Crippen molar-refractivity contribution in [2.24, 2.45) is 17.8 Å². The molecule has 2 aromatic rings. The summed E-state index contributed by atoms with van der Waals surface area (Å²) >= 11 is 1.56. The number of aliphatic hydroxyl groups is 1. The summed E-state index contributed by atoms with van der Waals surface area (Å²) in [5.74, 6) is -2.22. The number of benzene rings is 1. The van der Waals surface area contributed by atoms with E-state index < -0.39 is 41.2 Å². The number of nitrogens with one attached hydrogen (secondary N) is 1. The largest absolute Gasteiger partial charge is 0.390 e. The molecule has 1 aliphatic heterocycles. The number of hydrogen-bond acceptors (Lipinski definition) is 10. The van der Waals surface area contributed by atoms with Gasteiger partial charge in [0, 0.05) is 64.1 Å². The number of Topliss-reactive ketones (excluding diaryl/α,β-unsaturated/α-hetero) is 2. The molecule has 1 aliphatic rings. The van der Waals surface area contributed by atoms with Crippen molar-refractivity contribution in [1.82, 2.24) is 20.1 Å². The second-order valence-corrected chi connectivity index (χ2v) is 17.2. The van der Waals surface area contributed by atoms with Gasteiger partial charge in [0.05, 0.1) is 52.8 Å². The van der Waals surface area contributed by atoms with E-state index in [1.54, 1.807) is 78.4 Å². The van der Waals surface area contributed by atoms with Gasteiger partial charge in [-0.3, -0.25) is 19.2 Å². The summed E-state index contributed by atoms with van der Waals surface area (Å²) in [6.45, 7) is 13.1. The molecule has 8 atom stereocenters. The first-order valence-corrected chi connectivity index (χ1v) is 20.3. The van der Waals surface area contributed by atoms with Crippen LogP contribution in [0.2, 0.25) is 0 Å². The first-order valence-electron chi connectivity index (χ1n) is 19.4. The molecule has 0 aliphatic carbocycles. The van der Waals surface area contributed by atoms with E-state index in [0.29, 0.717) is 32.2 Å². The van der Waals surface area contributed by atoms with E-state index in [0.717, 1.165) is 17.0 Å². The number of ether oxygens (including phenoxy) is 2. The molecule has 12 heteroatoms. The Morgan fingerprint density at radius 1 is 1.06 bits per heavy atom. The molecule has 0 radical (unpaired) electrons. The Bertz CT molecular complexity index is 1500. The molecule has 0 spiro atoms. The predicted octanol–water partition coefficient (Wildman–Crippen LogP) is 5.69. The molecule has 3 rings (SSSR count). The molecule has 302 valence electrons. The van der Waals surface area contributed by atoms with Gasteiger partial charge in [-0.2, -0.15) is 0 Å². The molecule has 1 fully saturated rings. The number of nitrogens with zero attached hydrogens (tertiary/aromatic N) is 3. The lowest BCUT2D eigenvalue weighted by Gasteiger charge is -2.42. The summed E-state index contributed by atoms with van der Waals surface area (Å²) in [5, 5.41) is 17.0. The maximum absolute atomic E-state index is 14.3. The first-order chi connectivity index (χ1) is 25.4. The highest BCUT2D eigenvalue weighted by molar-refractivity contribution is 7.09. The molecular formula is C42H66N4O7S. The van der Waals surface area contributed by atoms with Crippen LogP contribution in [-0.4, -0.2) is 114 Å². The Labute approximate surface area is 327 Å². The van der Waals surface area contributed by atoms with Crippen LogP contribution >= 0.6 is 11.3 Å². The lowest BCUT2D eigenvalue weighted by Crippen LogP contribution is -2.56. The van der Waals surface area contributed by atoms with Gasteiger partial charge in [0.2, 0.25) is 11.8 Å². The molecule has 0 saturated carbocycles. The van der Waals surface area contributed by atoms with Crippen LogP contribution in [0.4, 0.5) is 0 Å². The Kier molecular flexibility index (Phi) is 17.0. The minimum atomic E-state index is -1.48. The van der Waals surface area contributed by atoms with Crippen molar-refractivity contribution in [3.63, 3.8) is 0 Å². The van der Waals surface area contributed by atoms with Crippen LogP contribution in [0.25, 0.3) is 0 Å². The fourth-order valence-corrected chi connectivity index (χ4v) is 8.56. The average molecular weight is 771 g/mol. The number of aromatic nitrogens is 1. The zero-order chi connectivity index (χ0) is 40.4. The maximum atomic E-state index is 14.3. The smallest absolute Gasteiger partial charge is 0.229 e. The van der Waals surface area contributed by atoms with Crippen LogP contribution in [0.3, 0.4) is 0 Å². The summed E-state index contributed by atoms with van der Waals surface area (Å²) in [6, 6.07) is 9.31. The SMILES string of the molecule is CC[C@H](C)[C@@H]([C@@H](CC(=O)N1CCC[C@H]1[C@H](OC)[C@@H](C)C(=O)C[C@@H](Cc1ccccc1)c1nccs1)OC)N(C)C(=O)[C@H](CC(=O)C(C)(C)NC)C(C)(C)O. The van der Waals surface area contributed by atoms with Crippen molar-refractivity contribution in [1.29, 1.82) is 0 Å². The van der Waals surface area contributed by atoms with E-state index in [-0.39, 0.29) is 54.1 Å². The number of carbonyl (C=O) groups excluding carboxylic acids is 4. The van der Waals surface area contributed by atoms with Crippen LogP contribution in [0, 0.1) is 17.8 Å². The predicted molar refractivity (Wildman–Crippen MR) is 213 cm³/mol. The molecule has 11 nitrogen and oxygen atoms in total.